The third-order valence-electron chi connectivity index (χ3n) is 9.36. The first-order valence-electron chi connectivity index (χ1n) is 16.1. The van der Waals surface area contributed by atoms with Crippen LogP contribution < -0.4 is 15.1 Å². The molecule has 4 atom stereocenters. The first-order chi connectivity index (χ1) is 22.9. The van der Waals surface area contributed by atoms with Crippen LogP contribution in [0, 0.1) is 12.8 Å². The van der Waals surface area contributed by atoms with E-state index in [1.54, 1.807) is 43.5 Å². The molecule has 6 rings (SSSR count). The molecule has 248 valence electrons. The highest BCUT2D eigenvalue weighted by Gasteiger charge is 2.48. The van der Waals surface area contributed by atoms with Gasteiger partial charge in [0.25, 0.3) is 0 Å². The zero-order valence-corrected chi connectivity index (χ0v) is 27.7. The van der Waals surface area contributed by atoms with Crippen molar-refractivity contribution in [3.05, 3.63) is 129 Å². The molecule has 4 aromatic carbocycles. The number of hydrogen-bond acceptors (Lipinski definition) is 8. The second-order valence-corrected chi connectivity index (χ2v) is 13.0. The number of rotatable bonds is 9. The van der Waals surface area contributed by atoms with E-state index in [0.717, 1.165) is 22.3 Å². The molecule has 1 unspecified atom stereocenters. The van der Waals surface area contributed by atoms with Gasteiger partial charge in [-0.1, -0.05) is 67.1 Å². The standard InChI is InChI=1S/C40H40O8/c1-23-10-9-13-26(18-23)30-21-27(14-16-33(30)45-5)32(41)22-29-20-28-15-17-34(46-39-36(43)35(42)24(2)40(3,4)48-39)31(37(28)47-38(29)44)19-25-11-7-6-8-12-25/h6-18,20-21,24,35-36,39,42-43H,19,22H2,1-5H3/t24-,35+,36+,39?/m1/s1. The molecule has 8 heteroatoms. The molecular weight excluding hydrogens is 608 g/mol. The highest BCUT2D eigenvalue weighted by molar-refractivity contribution is 5.99. The Bertz CT molecular complexity index is 2010. The van der Waals surface area contributed by atoms with Crippen LogP contribution in [-0.4, -0.2) is 47.2 Å². The Morgan fingerprint density at radius 3 is 2.38 bits per heavy atom. The van der Waals surface area contributed by atoms with E-state index in [9.17, 15) is 19.8 Å². The van der Waals surface area contributed by atoms with Gasteiger partial charge in [-0.2, -0.15) is 0 Å². The van der Waals surface area contributed by atoms with Gasteiger partial charge in [0.05, 0.1) is 18.8 Å². The predicted molar refractivity (Wildman–Crippen MR) is 184 cm³/mol. The highest BCUT2D eigenvalue weighted by Crippen LogP contribution is 2.38. The summed E-state index contributed by atoms with van der Waals surface area (Å²) < 4.78 is 23.9. The number of ketones is 1. The summed E-state index contributed by atoms with van der Waals surface area (Å²) in [5, 5.41) is 22.2. The number of aliphatic hydroxyl groups is 2. The zero-order chi connectivity index (χ0) is 34.2. The van der Waals surface area contributed by atoms with Gasteiger partial charge in [0, 0.05) is 46.4 Å². The van der Waals surface area contributed by atoms with E-state index in [0.29, 0.717) is 40.0 Å². The number of benzene rings is 4. The highest BCUT2D eigenvalue weighted by atomic mass is 16.7. The number of Topliss-reactive ketones (excluding diaryl/α,β-unsaturated/α-hetero) is 1. The van der Waals surface area contributed by atoms with Crippen LogP contribution in [0.5, 0.6) is 11.5 Å². The minimum Gasteiger partial charge on any atom is -0.496 e. The number of fused-ring (bicyclic) bond motifs is 1. The first-order valence-corrected chi connectivity index (χ1v) is 16.1. The minimum absolute atomic E-state index is 0.155. The fourth-order valence-corrected chi connectivity index (χ4v) is 6.23. The van der Waals surface area contributed by atoms with Gasteiger partial charge in [0.15, 0.2) is 5.78 Å². The van der Waals surface area contributed by atoms with Crippen LogP contribution in [-0.2, 0) is 17.6 Å². The van der Waals surface area contributed by atoms with Crippen LogP contribution in [0.25, 0.3) is 22.1 Å². The summed E-state index contributed by atoms with van der Waals surface area (Å²) in [4.78, 5) is 27.0. The lowest BCUT2D eigenvalue weighted by atomic mass is 9.82. The van der Waals surface area contributed by atoms with Crippen molar-refractivity contribution in [1.29, 1.82) is 0 Å². The third-order valence-corrected chi connectivity index (χ3v) is 9.36. The Labute approximate surface area is 279 Å². The molecule has 0 amide bonds. The van der Waals surface area contributed by atoms with E-state index < -0.39 is 29.7 Å². The molecule has 0 saturated carbocycles. The third kappa shape index (κ3) is 6.65. The van der Waals surface area contributed by atoms with Gasteiger partial charge in [-0.15, -0.1) is 0 Å². The van der Waals surface area contributed by atoms with Crippen LogP contribution in [0.1, 0.15) is 53.4 Å². The van der Waals surface area contributed by atoms with Crippen LogP contribution in [0.3, 0.4) is 0 Å². The average molecular weight is 649 g/mol. The monoisotopic (exact) mass is 648 g/mol. The summed E-state index contributed by atoms with van der Waals surface area (Å²) in [6.07, 6.45) is -3.31. The number of ether oxygens (including phenoxy) is 3. The lowest BCUT2D eigenvalue weighted by Gasteiger charge is -2.46. The van der Waals surface area contributed by atoms with Crippen molar-refractivity contribution in [1.82, 2.24) is 0 Å². The van der Waals surface area contributed by atoms with Crippen molar-refractivity contribution in [2.45, 2.75) is 64.6 Å². The summed E-state index contributed by atoms with van der Waals surface area (Å²) in [6, 6.07) is 28.0. The molecule has 0 bridgehead atoms. The number of aryl methyl sites for hydroxylation is 1. The van der Waals surface area contributed by atoms with Gasteiger partial charge in [-0.3, -0.25) is 4.79 Å². The molecule has 1 aliphatic rings. The topological polar surface area (TPSA) is 115 Å². The maximum absolute atomic E-state index is 13.6. The maximum Gasteiger partial charge on any atom is 0.339 e. The maximum atomic E-state index is 13.6. The van der Waals surface area contributed by atoms with E-state index >= 15 is 0 Å². The summed E-state index contributed by atoms with van der Waals surface area (Å²) in [5.74, 6) is 0.423. The minimum atomic E-state index is -1.29. The number of carbonyl (C=O) groups excluding carboxylic acids is 1. The second kappa shape index (κ2) is 13.4. The van der Waals surface area contributed by atoms with Crippen molar-refractivity contribution in [2.24, 2.45) is 5.92 Å². The Balaban J connectivity index is 1.35. The lowest BCUT2D eigenvalue weighted by molar-refractivity contribution is -0.285. The molecule has 0 spiro atoms. The predicted octanol–water partition coefficient (Wildman–Crippen LogP) is 6.66. The summed E-state index contributed by atoms with van der Waals surface area (Å²) >= 11 is 0. The van der Waals surface area contributed by atoms with E-state index in [1.807, 2.05) is 82.3 Å². The first kappa shape index (κ1) is 33.2. The Morgan fingerprint density at radius 2 is 1.65 bits per heavy atom. The molecule has 8 nitrogen and oxygen atoms in total. The molecule has 5 aromatic rings. The SMILES string of the molecule is COc1ccc(C(=O)Cc2cc3ccc(OC4OC(C)(C)[C@H](C)[C@H](O)[C@@H]4O)c(Cc4ccccc4)c3oc2=O)cc1-c1cccc(C)c1. The fraction of sp³-hybridized carbons (Fsp3) is 0.300. The zero-order valence-electron chi connectivity index (χ0n) is 27.7. The molecule has 0 aliphatic carbocycles. The Hall–Kier alpha value is -4.76. The van der Waals surface area contributed by atoms with Crippen LogP contribution in [0.2, 0.25) is 0 Å². The molecule has 0 radical (unpaired) electrons. The Kier molecular flexibility index (Phi) is 9.25. The van der Waals surface area contributed by atoms with E-state index in [-0.39, 0.29) is 23.7 Å². The van der Waals surface area contributed by atoms with Gasteiger partial charge < -0.3 is 28.8 Å². The van der Waals surface area contributed by atoms with Gasteiger partial charge >= 0.3 is 5.63 Å². The molecule has 2 N–H and O–H groups in total. The van der Waals surface area contributed by atoms with E-state index in [1.165, 1.54) is 0 Å². The van der Waals surface area contributed by atoms with Gasteiger partial charge in [0.1, 0.15) is 23.2 Å². The quantitative estimate of drug-likeness (QED) is 0.135. The number of methoxy groups -OCH3 is 1. The fourth-order valence-electron chi connectivity index (χ4n) is 6.23. The Morgan fingerprint density at radius 1 is 0.896 bits per heavy atom. The molecule has 1 saturated heterocycles. The van der Waals surface area contributed by atoms with Crippen molar-refractivity contribution in [3.63, 3.8) is 0 Å². The number of carbonyl (C=O) groups is 1. The lowest BCUT2D eigenvalue weighted by Crippen LogP contribution is -2.59. The second-order valence-electron chi connectivity index (χ2n) is 13.0. The van der Waals surface area contributed by atoms with Crippen molar-refractivity contribution < 1.29 is 33.6 Å². The summed E-state index contributed by atoms with van der Waals surface area (Å²) in [7, 11) is 1.59. The van der Waals surface area contributed by atoms with E-state index in [4.69, 9.17) is 18.6 Å². The van der Waals surface area contributed by atoms with Crippen molar-refractivity contribution >= 4 is 16.8 Å². The molecule has 48 heavy (non-hydrogen) atoms. The normalized spacial score (nSPS) is 20.4. The van der Waals surface area contributed by atoms with Crippen molar-refractivity contribution in [3.8, 4) is 22.6 Å². The molecule has 2 heterocycles. The molecular formula is C40H40O8. The molecule has 1 fully saturated rings. The van der Waals surface area contributed by atoms with Crippen LogP contribution in [0.15, 0.2) is 100 Å². The van der Waals surface area contributed by atoms with Gasteiger partial charge in [0.2, 0.25) is 6.29 Å². The number of hydrogen-bond donors (Lipinski definition) is 2. The van der Waals surface area contributed by atoms with Gasteiger partial charge in [-0.25, -0.2) is 4.79 Å². The number of aliphatic hydroxyl groups excluding tert-OH is 2. The van der Waals surface area contributed by atoms with Crippen LogP contribution in [0.4, 0.5) is 0 Å². The smallest absolute Gasteiger partial charge is 0.339 e. The van der Waals surface area contributed by atoms with Crippen LogP contribution >= 0.6 is 0 Å². The molecule has 1 aliphatic heterocycles. The summed E-state index contributed by atoms with van der Waals surface area (Å²) in [5.41, 5.74) is 3.90. The summed E-state index contributed by atoms with van der Waals surface area (Å²) in [6.45, 7) is 7.50. The molecule has 1 aromatic heterocycles. The van der Waals surface area contributed by atoms with E-state index in [2.05, 4.69) is 0 Å². The van der Waals surface area contributed by atoms with Crippen molar-refractivity contribution in [2.75, 3.05) is 7.11 Å². The largest absolute Gasteiger partial charge is 0.496 e. The average Bonchev–Trinajstić information content (AvgIpc) is 3.08. The van der Waals surface area contributed by atoms with Gasteiger partial charge in [-0.05, 0) is 68.3 Å².